The number of carbonyl (C=O) groups excluding carboxylic acids is 2. The van der Waals surface area contributed by atoms with Crippen LogP contribution in [0.25, 0.3) is 0 Å². The molecule has 0 aliphatic rings. The van der Waals surface area contributed by atoms with Crippen LogP contribution in [-0.2, 0) is 20.7 Å². The SMILES string of the molecule is CCOC(=O)CCSC[C@H](Cc1ccccc1)NC(=O)OC(C)(C)C. The molecule has 0 radical (unpaired) electrons. The van der Waals surface area contributed by atoms with Crippen molar-refractivity contribution in [2.24, 2.45) is 0 Å². The minimum absolute atomic E-state index is 0.0653. The summed E-state index contributed by atoms with van der Waals surface area (Å²) >= 11 is 1.62. The van der Waals surface area contributed by atoms with Crippen LogP contribution < -0.4 is 5.32 Å². The summed E-state index contributed by atoms with van der Waals surface area (Å²) in [5, 5.41) is 2.94. The molecule has 0 aliphatic carbocycles. The van der Waals surface area contributed by atoms with Crippen LogP contribution in [0.4, 0.5) is 4.79 Å². The molecule has 0 saturated heterocycles. The number of benzene rings is 1. The lowest BCUT2D eigenvalue weighted by molar-refractivity contribution is -0.142. The Hall–Kier alpha value is -1.69. The summed E-state index contributed by atoms with van der Waals surface area (Å²) in [6, 6.07) is 9.93. The fourth-order valence-corrected chi connectivity index (χ4v) is 3.10. The molecule has 1 atom stereocenters. The Balaban J connectivity index is 2.52. The number of hydrogen-bond acceptors (Lipinski definition) is 5. The van der Waals surface area contributed by atoms with Gasteiger partial charge in [-0.05, 0) is 39.7 Å². The molecule has 1 N–H and O–H groups in total. The van der Waals surface area contributed by atoms with E-state index >= 15 is 0 Å². The summed E-state index contributed by atoms with van der Waals surface area (Å²) in [4.78, 5) is 23.5. The van der Waals surface area contributed by atoms with Crippen LogP contribution in [0.1, 0.15) is 39.7 Å². The zero-order valence-corrected chi connectivity index (χ0v) is 16.4. The van der Waals surface area contributed by atoms with E-state index in [1.807, 2.05) is 51.1 Å². The van der Waals surface area contributed by atoms with Gasteiger partial charge in [0.2, 0.25) is 0 Å². The molecule has 0 aromatic heterocycles. The molecule has 0 unspecified atom stereocenters. The Morgan fingerprint density at radius 3 is 2.48 bits per heavy atom. The zero-order valence-electron chi connectivity index (χ0n) is 15.5. The van der Waals surface area contributed by atoms with Crippen LogP contribution in [0.5, 0.6) is 0 Å². The van der Waals surface area contributed by atoms with E-state index in [1.54, 1.807) is 18.7 Å². The van der Waals surface area contributed by atoms with Crippen molar-refractivity contribution in [3.63, 3.8) is 0 Å². The Labute approximate surface area is 154 Å². The summed E-state index contributed by atoms with van der Waals surface area (Å²) in [6.07, 6.45) is 0.676. The molecule has 0 aliphatic heterocycles. The van der Waals surface area contributed by atoms with Crippen molar-refractivity contribution < 1.29 is 19.1 Å². The maximum Gasteiger partial charge on any atom is 0.407 e. The fourth-order valence-electron chi connectivity index (χ4n) is 2.14. The van der Waals surface area contributed by atoms with Gasteiger partial charge < -0.3 is 14.8 Å². The quantitative estimate of drug-likeness (QED) is 0.531. The standard InChI is InChI=1S/C19H29NO4S/c1-5-23-17(21)11-12-25-14-16(13-15-9-7-6-8-10-15)20-18(22)24-19(2,3)4/h6-10,16H,5,11-14H2,1-4H3,(H,20,22)/t16-/m0/s1. The third-order valence-electron chi connectivity index (χ3n) is 3.12. The van der Waals surface area contributed by atoms with Gasteiger partial charge in [-0.25, -0.2) is 4.79 Å². The molecule has 1 amide bonds. The smallest absolute Gasteiger partial charge is 0.407 e. The van der Waals surface area contributed by atoms with Crippen molar-refractivity contribution in [3.8, 4) is 0 Å². The lowest BCUT2D eigenvalue weighted by Gasteiger charge is -2.23. The predicted octanol–water partition coefficient (Wildman–Crippen LogP) is 3.81. The molecule has 6 heteroatoms. The van der Waals surface area contributed by atoms with Crippen LogP contribution in [0, 0.1) is 0 Å². The Morgan fingerprint density at radius 2 is 1.88 bits per heavy atom. The summed E-state index contributed by atoms with van der Waals surface area (Å²) in [5.74, 6) is 1.18. The van der Waals surface area contributed by atoms with Gasteiger partial charge in [0.15, 0.2) is 0 Å². The normalized spacial score (nSPS) is 12.3. The van der Waals surface area contributed by atoms with E-state index in [-0.39, 0.29) is 12.0 Å². The van der Waals surface area contributed by atoms with Gasteiger partial charge in [0.05, 0.1) is 13.0 Å². The van der Waals surface area contributed by atoms with Gasteiger partial charge in [0, 0.05) is 17.5 Å². The van der Waals surface area contributed by atoms with Gasteiger partial charge in [0.1, 0.15) is 5.60 Å². The summed E-state index contributed by atoms with van der Waals surface area (Å²) in [7, 11) is 0. The Bertz CT molecular complexity index is 528. The van der Waals surface area contributed by atoms with Crippen molar-refractivity contribution >= 4 is 23.8 Å². The molecule has 0 fully saturated rings. The van der Waals surface area contributed by atoms with Crippen molar-refractivity contribution in [1.82, 2.24) is 5.32 Å². The lowest BCUT2D eigenvalue weighted by Crippen LogP contribution is -2.41. The summed E-state index contributed by atoms with van der Waals surface area (Å²) in [5.41, 5.74) is 0.618. The van der Waals surface area contributed by atoms with Crippen LogP contribution >= 0.6 is 11.8 Å². The minimum Gasteiger partial charge on any atom is -0.466 e. The van der Waals surface area contributed by atoms with Gasteiger partial charge in [0.25, 0.3) is 0 Å². The van der Waals surface area contributed by atoms with Crippen LogP contribution in [0.15, 0.2) is 30.3 Å². The molecular weight excluding hydrogens is 338 g/mol. The molecule has 1 aromatic rings. The molecule has 140 valence electrons. The van der Waals surface area contributed by atoms with E-state index in [9.17, 15) is 9.59 Å². The number of amides is 1. The number of carbonyl (C=O) groups is 2. The van der Waals surface area contributed by atoms with Crippen molar-refractivity contribution in [3.05, 3.63) is 35.9 Å². The first-order valence-electron chi connectivity index (χ1n) is 8.57. The summed E-state index contributed by atoms with van der Waals surface area (Å²) < 4.78 is 10.3. The molecule has 1 aromatic carbocycles. The number of alkyl carbamates (subject to hydrolysis) is 1. The number of nitrogens with one attached hydrogen (secondary N) is 1. The van der Waals surface area contributed by atoms with E-state index in [0.717, 1.165) is 5.56 Å². The summed E-state index contributed by atoms with van der Waals surface area (Å²) in [6.45, 7) is 7.72. The van der Waals surface area contributed by atoms with Crippen LogP contribution in [-0.4, -0.2) is 41.8 Å². The van der Waals surface area contributed by atoms with Crippen molar-refractivity contribution in [2.45, 2.75) is 52.2 Å². The molecular formula is C19H29NO4S. The highest BCUT2D eigenvalue weighted by molar-refractivity contribution is 7.99. The maximum absolute atomic E-state index is 12.1. The number of ether oxygens (including phenoxy) is 2. The lowest BCUT2D eigenvalue weighted by atomic mass is 10.1. The first-order valence-corrected chi connectivity index (χ1v) is 9.72. The van der Waals surface area contributed by atoms with Gasteiger partial charge in [-0.3, -0.25) is 4.79 Å². The number of rotatable bonds is 9. The van der Waals surface area contributed by atoms with Crippen molar-refractivity contribution in [1.29, 1.82) is 0 Å². The predicted molar refractivity (Wildman–Crippen MR) is 102 cm³/mol. The molecule has 0 spiro atoms. The van der Waals surface area contributed by atoms with E-state index in [1.165, 1.54) is 0 Å². The van der Waals surface area contributed by atoms with Gasteiger partial charge in [-0.2, -0.15) is 11.8 Å². The second-order valence-electron chi connectivity index (χ2n) is 6.66. The first kappa shape index (κ1) is 21.4. The molecule has 1 rings (SSSR count). The number of hydrogen-bond donors (Lipinski definition) is 1. The Morgan fingerprint density at radius 1 is 1.20 bits per heavy atom. The highest BCUT2D eigenvalue weighted by Gasteiger charge is 2.20. The highest BCUT2D eigenvalue weighted by atomic mass is 32.2. The van der Waals surface area contributed by atoms with Crippen LogP contribution in [0.3, 0.4) is 0 Å². The van der Waals surface area contributed by atoms with E-state index in [0.29, 0.717) is 31.0 Å². The second-order valence-corrected chi connectivity index (χ2v) is 7.81. The monoisotopic (exact) mass is 367 g/mol. The fraction of sp³-hybridized carbons (Fsp3) is 0.579. The molecule has 0 saturated carbocycles. The van der Waals surface area contributed by atoms with E-state index in [4.69, 9.17) is 9.47 Å². The second kappa shape index (κ2) is 11.0. The molecule has 0 bridgehead atoms. The molecule has 25 heavy (non-hydrogen) atoms. The minimum atomic E-state index is -0.529. The zero-order chi connectivity index (χ0) is 18.7. The van der Waals surface area contributed by atoms with Crippen LogP contribution in [0.2, 0.25) is 0 Å². The largest absolute Gasteiger partial charge is 0.466 e. The van der Waals surface area contributed by atoms with Gasteiger partial charge in [-0.15, -0.1) is 0 Å². The average molecular weight is 368 g/mol. The molecule has 5 nitrogen and oxygen atoms in total. The third-order valence-corrected chi connectivity index (χ3v) is 4.25. The molecule has 0 heterocycles. The van der Waals surface area contributed by atoms with E-state index < -0.39 is 11.7 Å². The van der Waals surface area contributed by atoms with E-state index in [2.05, 4.69) is 5.32 Å². The maximum atomic E-state index is 12.1. The highest BCUT2D eigenvalue weighted by Crippen LogP contribution is 2.12. The number of thioether (sulfide) groups is 1. The third kappa shape index (κ3) is 10.7. The Kier molecular flexibility index (Phi) is 9.42. The first-order chi connectivity index (χ1) is 11.8. The topological polar surface area (TPSA) is 64.6 Å². The average Bonchev–Trinajstić information content (AvgIpc) is 2.51. The van der Waals surface area contributed by atoms with Crippen molar-refractivity contribution in [2.75, 3.05) is 18.1 Å². The van der Waals surface area contributed by atoms with Gasteiger partial charge >= 0.3 is 12.1 Å². The van der Waals surface area contributed by atoms with Gasteiger partial charge in [-0.1, -0.05) is 30.3 Å². The number of esters is 1.